The molecule has 6 nitrogen and oxygen atoms in total. The number of hydrogen-bond acceptors (Lipinski definition) is 5. The number of aliphatic hydroxyl groups is 1. The Kier molecular flexibility index (Phi) is 4.56. The van der Waals surface area contributed by atoms with Crippen molar-refractivity contribution in [1.82, 2.24) is 9.88 Å². The molecule has 31 heavy (non-hydrogen) atoms. The lowest BCUT2D eigenvalue weighted by molar-refractivity contribution is -0.619. The van der Waals surface area contributed by atoms with E-state index in [2.05, 4.69) is 9.88 Å². The predicted octanol–water partition coefficient (Wildman–Crippen LogP) is 2.89. The number of nitrogens with zero attached hydrogens (tertiary/aromatic N) is 3. The number of hydrogen-bond donors (Lipinski definition) is 1. The van der Waals surface area contributed by atoms with Crippen LogP contribution in [0.15, 0.2) is 30.6 Å². The van der Waals surface area contributed by atoms with Crippen molar-refractivity contribution in [3.05, 3.63) is 64.1 Å². The first kappa shape index (κ1) is 19.6. The largest absolute Gasteiger partial charge is 0.618 e. The highest BCUT2D eigenvalue weighted by Gasteiger charge is 2.53. The van der Waals surface area contributed by atoms with Gasteiger partial charge in [0.05, 0.1) is 12.2 Å². The first-order valence-electron chi connectivity index (χ1n) is 11.5. The summed E-state index contributed by atoms with van der Waals surface area (Å²) in [7, 11) is 0. The van der Waals surface area contributed by atoms with Crippen LogP contribution in [0, 0.1) is 17.1 Å². The maximum absolute atomic E-state index is 13.6. The van der Waals surface area contributed by atoms with Crippen LogP contribution in [0.4, 0.5) is 4.39 Å². The van der Waals surface area contributed by atoms with E-state index < -0.39 is 12.1 Å². The topological polar surface area (TPSA) is 72.5 Å². The van der Waals surface area contributed by atoms with E-state index in [0.717, 1.165) is 66.5 Å². The van der Waals surface area contributed by atoms with Gasteiger partial charge in [-0.3, -0.25) is 4.90 Å². The van der Waals surface area contributed by atoms with Crippen molar-refractivity contribution in [3.63, 3.8) is 0 Å². The number of pyridine rings is 2. The van der Waals surface area contributed by atoms with Gasteiger partial charge in [0.15, 0.2) is 6.20 Å². The van der Waals surface area contributed by atoms with Crippen molar-refractivity contribution in [3.8, 4) is 0 Å². The van der Waals surface area contributed by atoms with E-state index in [0.29, 0.717) is 36.7 Å². The normalized spacial score (nSPS) is 34.5. The molecule has 7 heteroatoms. The summed E-state index contributed by atoms with van der Waals surface area (Å²) in [5.74, 6) is -0.0841. The van der Waals surface area contributed by atoms with Crippen molar-refractivity contribution in [1.29, 1.82) is 0 Å². The highest BCUT2D eigenvalue weighted by Crippen LogP contribution is 2.52. The molecule has 164 valence electrons. The molecular weight excluding hydrogens is 397 g/mol. The Morgan fingerprint density at radius 2 is 2.06 bits per heavy atom. The average Bonchev–Trinajstić information content (AvgIpc) is 3.11. The van der Waals surface area contributed by atoms with Crippen molar-refractivity contribution in [2.45, 2.75) is 75.3 Å². The number of piperidine rings is 1. The fraction of sp³-hybridized carbons (Fsp3) is 0.583. The summed E-state index contributed by atoms with van der Waals surface area (Å²) in [5, 5.41) is 23.0. The predicted molar refractivity (Wildman–Crippen MR) is 110 cm³/mol. The summed E-state index contributed by atoms with van der Waals surface area (Å²) in [6.45, 7) is 1.42. The summed E-state index contributed by atoms with van der Waals surface area (Å²) in [4.78, 5) is 6.54. The zero-order chi connectivity index (χ0) is 21.2. The van der Waals surface area contributed by atoms with Crippen LogP contribution in [-0.2, 0) is 23.4 Å². The number of aryl methyl sites for hydroxylation is 1. The molecule has 2 bridgehead atoms. The first-order chi connectivity index (χ1) is 15.0. The molecule has 2 unspecified atom stereocenters. The van der Waals surface area contributed by atoms with Crippen molar-refractivity contribution in [2.24, 2.45) is 5.92 Å². The van der Waals surface area contributed by atoms with Crippen LogP contribution in [0.2, 0.25) is 0 Å². The molecule has 2 fully saturated rings. The first-order valence-corrected chi connectivity index (χ1v) is 11.5. The Balaban J connectivity index is 1.19. The SMILES string of the molecule is [O-][n+]1cccc2c1[C@@H](O)C[C@H](CN1C3CCC1CC1(C3)OCc3cc(F)ncc31)CC2. The number of ether oxygens (including phenoxy) is 1. The average molecular weight is 426 g/mol. The summed E-state index contributed by atoms with van der Waals surface area (Å²) in [6, 6.07) is 6.12. The minimum atomic E-state index is -0.707. The molecule has 2 aromatic heterocycles. The Hall–Kier alpha value is -2.09. The van der Waals surface area contributed by atoms with Gasteiger partial charge in [-0.15, -0.1) is 0 Å². The van der Waals surface area contributed by atoms with Crippen LogP contribution in [0.25, 0.3) is 0 Å². The fourth-order valence-electron chi connectivity index (χ4n) is 6.71. The molecule has 1 spiro atoms. The van der Waals surface area contributed by atoms with Gasteiger partial charge < -0.3 is 15.1 Å². The van der Waals surface area contributed by atoms with Gasteiger partial charge in [-0.1, -0.05) is 0 Å². The zero-order valence-corrected chi connectivity index (χ0v) is 17.5. The maximum atomic E-state index is 13.6. The molecule has 1 N–H and O–H groups in total. The molecular formula is C24H28FN3O3. The minimum Gasteiger partial charge on any atom is -0.618 e. The van der Waals surface area contributed by atoms with Gasteiger partial charge in [0.25, 0.3) is 0 Å². The lowest BCUT2D eigenvalue weighted by Crippen LogP contribution is -2.51. The summed E-state index contributed by atoms with van der Waals surface area (Å²) < 4.78 is 20.7. The maximum Gasteiger partial charge on any atom is 0.224 e. The van der Waals surface area contributed by atoms with E-state index in [9.17, 15) is 14.7 Å². The summed E-state index contributed by atoms with van der Waals surface area (Å²) in [6.07, 6.45) is 9.03. The van der Waals surface area contributed by atoms with Gasteiger partial charge in [0, 0.05) is 42.0 Å². The molecule has 1 aliphatic carbocycles. The van der Waals surface area contributed by atoms with E-state index in [1.165, 1.54) is 12.3 Å². The third-order valence-electron chi connectivity index (χ3n) is 8.10. The molecule has 6 rings (SSSR count). The number of aliphatic hydroxyl groups excluding tert-OH is 1. The highest BCUT2D eigenvalue weighted by atomic mass is 19.1. The molecule has 0 saturated carbocycles. The van der Waals surface area contributed by atoms with Gasteiger partial charge in [-0.05, 0) is 68.6 Å². The van der Waals surface area contributed by atoms with Crippen molar-refractivity contribution >= 4 is 0 Å². The molecule has 4 aliphatic rings. The molecule has 2 saturated heterocycles. The zero-order valence-electron chi connectivity index (χ0n) is 17.5. The van der Waals surface area contributed by atoms with Crippen LogP contribution in [-0.4, -0.2) is 33.6 Å². The molecule has 4 atom stereocenters. The Bertz CT molecular complexity index is 1000. The smallest absolute Gasteiger partial charge is 0.224 e. The molecule has 5 heterocycles. The van der Waals surface area contributed by atoms with Gasteiger partial charge in [-0.25, -0.2) is 4.98 Å². The standard InChI is InChI=1S/C24H28FN3O3/c25-22-9-17-14-31-24(20(17)12-26-22)10-18-5-6-19(11-24)27(18)13-15-3-4-16-2-1-7-28(30)23(16)21(29)8-15/h1-2,7,9,12,15,18-19,21,29H,3-6,8,10-11,13-14H2/t15-,18?,19?,21+,24?/m1/s1. The number of halogens is 1. The second-order valence-corrected chi connectivity index (χ2v) is 9.84. The highest BCUT2D eigenvalue weighted by molar-refractivity contribution is 5.35. The van der Waals surface area contributed by atoms with Crippen LogP contribution in [0.3, 0.4) is 0 Å². The van der Waals surface area contributed by atoms with Crippen molar-refractivity contribution in [2.75, 3.05) is 6.54 Å². The number of rotatable bonds is 2. The quantitative estimate of drug-likeness (QED) is 0.347. The third-order valence-corrected chi connectivity index (χ3v) is 8.10. The molecule has 0 amide bonds. The summed E-state index contributed by atoms with van der Waals surface area (Å²) in [5.41, 5.74) is 3.19. The van der Waals surface area contributed by atoms with Crippen LogP contribution >= 0.6 is 0 Å². The summed E-state index contributed by atoms with van der Waals surface area (Å²) >= 11 is 0. The van der Waals surface area contributed by atoms with Crippen LogP contribution in [0.5, 0.6) is 0 Å². The fourth-order valence-corrected chi connectivity index (χ4v) is 6.71. The Labute approximate surface area is 181 Å². The molecule has 0 aromatic carbocycles. The van der Waals surface area contributed by atoms with Crippen LogP contribution in [0.1, 0.15) is 67.0 Å². The lowest BCUT2D eigenvalue weighted by Gasteiger charge is -2.45. The monoisotopic (exact) mass is 425 g/mol. The van der Waals surface area contributed by atoms with E-state index >= 15 is 0 Å². The second kappa shape index (κ2) is 7.22. The van der Waals surface area contributed by atoms with E-state index in [1.807, 2.05) is 6.07 Å². The van der Waals surface area contributed by atoms with E-state index in [4.69, 9.17) is 4.74 Å². The molecule has 2 aromatic rings. The van der Waals surface area contributed by atoms with Gasteiger partial charge in [-0.2, -0.15) is 9.12 Å². The molecule has 3 aliphatic heterocycles. The lowest BCUT2D eigenvalue weighted by atomic mass is 9.80. The van der Waals surface area contributed by atoms with Gasteiger partial charge in [0.1, 0.15) is 6.10 Å². The van der Waals surface area contributed by atoms with Crippen LogP contribution < -0.4 is 4.73 Å². The van der Waals surface area contributed by atoms with E-state index in [-0.39, 0.29) is 5.60 Å². The van der Waals surface area contributed by atoms with Crippen molar-refractivity contribution < 1.29 is 19.0 Å². The third kappa shape index (κ3) is 3.17. The Morgan fingerprint density at radius 3 is 2.87 bits per heavy atom. The van der Waals surface area contributed by atoms with E-state index in [1.54, 1.807) is 12.3 Å². The Morgan fingerprint density at radius 1 is 1.26 bits per heavy atom. The second-order valence-electron chi connectivity index (χ2n) is 9.84. The molecule has 0 radical (unpaired) electrons. The number of fused-ring (bicyclic) bond motifs is 5. The van der Waals surface area contributed by atoms with Gasteiger partial charge in [0.2, 0.25) is 11.6 Å². The number of aromatic nitrogens is 2. The minimum absolute atomic E-state index is 0.328. The van der Waals surface area contributed by atoms with Gasteiger partial charge >= 0.3 is 0 Å².